The van der Waals surface area contributed by atoms with Gasteiger partial charge in [-0.15, -0.1) is 0 Å². The zero-order chi connectivity index (χ0) is 35.8. The monoisotopic (exact) mass is 716 g/mol. The molecule has 1 N–H and O–H groups in total. The molecular formula is C41H53O7PSi. The molecule has 0 bridgehead atoms. The Morgan fingerprint density at radius 1 is 0.780 bits per heavy atom. The lowest BCUT2D eigenvalue weighted by Gasteiger charge is -2.47. The number of aliphatic hydroxyl groups excluding tert-OH is 1. The van der Waals surface area contributed by atoms with E-state index in [0.717, 1.165) is 29.6 Å². The molecule has 0 aromatic heterocycles. The Hall–Kier alpha value is -2.91. The van der Waals surface area contributed by atoms with E-state index in [1.54, 1.807) is 24.3 Å². The topological polar surface area (TPSA) is 83.5 Å². The lowest BCUT2D eigenvalue weighted by molar-refractivity contribution is -0.246. The second-order valence-electron chi connectivity index (χ2n) is 14.1. The second-order valence-corrected chi connectivity index (χ2v) is 21.2. The second kappa shape index (κ2) is 16.6. The van der Waals surface area contributed by atoms with Crippen LogP contribution in [0.25, 0.3) is 0 Å². The molecule has 0 spiro atoms. The summed E-state index contributed by atoms with van der Waals surface area (Å²) in [5.74, 6) is -0.681. The van der Waals surface area contributed by atoms with Crippen molar-refractivity contribution < 1.29 is 33.0 Å². The highest BCUT2D eigenvalue weighted by Gasteiger charge is 2.59. The standard InChI is InChI=1S/C41H53O7PSi/c1-32(39(42)41(44-5,45-6)49(43,33-21-11-7-12-22-33)34-23-13-8-14-24-34)37(48-38-29-19-20-30-46-38)31-47-50(40(2,3)4,35-25-15-9-16-26-35)36-27-17-10-18-28-36/h7-18,21-28,32,37-39,42H,19-20,29-31H2,1-6H3/t32-,37+,38?,39?/m1/s1. The first kappa shape index (κ1) is 38.3. The van der Waals surface area contributed by atoms with Crippen LogP contribution in [0.1, 0.15) is 47.0 Å². The van der Waals surface area contributed by atoms with Crippen molar-refractivity contribution in [2.24, 2.45) is 5.92 Å². The fourth-order valence-corrected chi connectivity index (χ4v) is 15.3. The third kappa shape index (κ3) is 7.36. The van der Waals surface area contributed by atoms with E-state index in [2.05, 4.69) is 69.3 Å². The molecule has 4 aromatic rings. The van der Waals surface area contributed by atoms with Gasteiger partial charge in [-0.05, 0) is 34.7 Å². The molecule has 1 heterocycles. The molecule has 268 valence electrons. The van der Waals surface area contributed by atoms with Gasteiger partial charge in [0.05, 0.1) is 12.7 Å². The van der Waals surface area contributed by atoms with E-state index in [1.165, 1.54) is 14.2 Å². The van der Waals surface area contributed by atoms with Crippen molar-refractivity contribution in [2.75, 3.05) is 27.4 Å². The van der Waals surface area contributed by atoms with Crippen LogP contribution in [-0.4, -0.2) is 64.9 Å². The van der Waals surface area contributed by atoms with Gasteiger partial charge in [0.1, 0.15) is 6.10 Å². The van der Waals surface area contributed by atoms with Crippen LogP contribution < -0.4 is 21.0 Å². The Labute approximate surface area is 299 Å². The molecule has 4 atom stereocenters. The largest absolute Gasteiger partial charge is 0.405 e. The average Bonchev–Trinajstić information content (AvgIpc) is 3.16. The van der Waals surface area contributed by atoms with Gasteiger partial charge in [0, 0.05) is 37.4 Å². The van der Waals surface area contributed by atoms with Crippen LogP contribution in [0, 0.1) is 5.92 Å². The molecule has 2 unspecified atom stereocenters. The van der Waals surface area contributed by atoms with E-state index in [4.69, 9.17) is 23.4 Å². The maximum absolute atomic E-state index is 15.8. The van der Waals surface area contributed by atoms with E-state index in [1.807, 2.05) is 55.5 Å². The van der Waals surface area contributed by atoms with E-state index < -0.39 is 45.4 Å². The van der Waals surface area contributed by atoms with Crippen LogP contribution >= 0.6 is 7.14 Å². The molecule has 5 rings (SSSR count). The van der Waals surface area contributed by atoms with Crippen LogP contribution in [0.2, 0.25) is 5.04 Å². The summed E-state index contributed by atoms with van der Waals surface area (Å²) >= 11 is 0. The van der Waals surface area contributed by atoms with Gasteiger partial charge in [-0.3, -0.25) is 0 Å². The lowest BCUT2D eigenvalue weighted by Crippen LogP contribution is -2.67. The van der Waals surface area contributed by atoms with E-state index in [9.17, 15) is 5.11 Å². The first-order valence-corrected chi connectivity index (χ1v) is 21.2. The molecule has 7 nitrogen and oxygen atoms in total. The van der Waals surface area contributed by atoms with Crippen molar-refractivity contribution in [3.05, 3.63) is 121 Å². The first-order valence-electron chi connectivity index (χ1n) is 17.6. The number of methoxy groups -OCH3 is 2. The molecule has 50 heavy (non-hydrogen) atoms. The summed E-state index contributed by atoms with van der Waals surface area (Å²) in [6.07, 6.45) is 0.0984. The number of ether oxygens (including phenoxy) is 4. The summed E-state index contributed by atoms with van der Waals surface area (Å²) in [5.41, 5.74) is -1.96. The van der Waals surface area contributed by atoms with Gasteiger partial charge in [-0.2, -0.15) is 0 Å². The quantitative estimate of drug-likeness (QED) is 0.0863. The third-order valence-electron chi connectivity index (χ3n) is 10.1. The minimum atomic E-state index is -3.84. The van der Waals surface area contributed by atoms with Gasteiger partial charge in [-0.25, -0.2) is 0 Å². The summed E-state index contributed by atoms with van der Waals surface area (Å²) < 4.78 is 48.3. The molecule has 1 aliphatic heterocycles. The van der Waals surface area contributed by atoms with Crippen molar-refractivity contribution in [3.8, 4) is 0 Å². The Morgan fingerprint density at radius 3 is 1.64 bits per heavy atom. The fraction of sp³-hybridized carbons (Fsp3) is 0.415. The van der Waals surface area contributed by atoms with Crippen LogP contribution in [-0.2, 0) is 27.9 Å². The van der Waals surface area contributed by atoms with Crippen LogP contribution in [0.15, 0.2) is 121 Å². The van der Waals surface area contributed by atoms with Gasteiger partial charge in [-0.1, -0.05) is 149 Å². The number of hydrogen-bond donors (Lipinski definition) is 1. The van der Waals surface area contributed by atoms with Gasteiger partial charge >= 0.3 is 0 Å². The van der Waals surface area contributed by atoms with E-state index in [-0.39, 0.29) is 11.6 Å². The Balaban J connectivity index is 1.61. The van der Waals surface area contributed by atoms with Crippen LogP contribution in [0.3, 0.4) is 0 Å². The zero-order valence-electron chi connectivity index (χ0n) is 30.2. The molecule has 4 aromatic carbocycles. The molecule has 9 heteroatoms. The predicted molar refractivity (Wildman–Crippen MR) is 204 cm³/mol. The van der Waals surface area contributed by atoms with E-state index >= 15 is 4.57 Å². The maximum atomic E-state index is 15.8. The van der Waals surface area contributed by atoms with Gasteiger partial charge in [0.25, 0.3) is 13.8 Å². The predicted octanol–water partition coefficient (Wildman–Crippen LogP) is 6.43. The molecule has 1 aliphatic rings. The van der Waals surface area contributed by atoms with Crippen molar-refractivity contribution in [2.45, 2.75) is 76.0 Å². The van der Waals surface area contributed by atoms with Crippen molar-refractivity contribution >= 4 is 36.4 Å². The number of aliphatic hydroxyl groups is 1. The Morgan fingerprint density at radius 2 is 1.24 bits per heavy atom. The number of benzene rings is 4. The molecule has 0 aliphatic carbocycles. The SMILES string of the molecule is COC(OC)(C(O)[C@H](C)[C@H](CO[Si](c1ccccc1)(c1ccccc1)C(C)(C)C)OC1CCCCO1)P(=O)(c1ccccc1)c1ccccc1. The zero-order valence-corrected chi connectivity index (χ0v) is 32.1. The highest BCUT2D eigenvalue weighted by molar-refractivity contribution is 7.79. The smallest absolute Gasteiger partial charge is 0.261 e. The molecular weight excluding hydrogens is 664 g/mol. The van der Waals surface area contributed by atoms with Crippen molar-refractivity contribution in [1.82, 2.24) is 0 Å². The molecule has 1 saturated heterocycles. The maximum Gasteiger partial charge on any atom is 0.261 e. The van der Waals surface area contributed by atoms with Crippen molar-refractivity contribution in [1.29, 1.82) is 0 Å². The molecule has 0 amide bonds. The first-order chi connectivity index (χ1) is 24.0. The highest BCUT2D eigenvalue weighted by Crippen LogP contribution is 2.59. The number of hydrogen-bond acceptors (Lipinski definition) is 7. The minimum Gasteiger partial charge on any atom is -0.405 e. The highest BCUT2D eigenvalue weighted by atomic mass is 31.2. The Bertz CT molecular complexity index is 1560. The summed E-state index contributed by atoms with van der Waals surface area (Å²) in [5, 5.41) is 15.6. The van der Waals surface area contributed by atoms with Crippen LogP contribution in [0.5, 0.6) is 0 Å². The minimum absolute atomic E-state index is 0.149. The van der Waals surface area contributed by atoms with E-state index in [0.29, 0.717) is 17.2 Å². The summed E-state index contributed by atoms with van der Waals surface area (Å²) in [4.78, 5) is 0. The van der Waals surface area contributed by atoms with Gasteiger partial charge in [0.15, 0.2) is 6.29 Å². The lowest BCUT2D eigenvalue weighted by atomic mass is 9.97. The average molecular weight is 717 g/mol. The Kier molecular flexibility index (Phi) is 12.7. The molecule has 0 radical (unpaired) electrons. The summed E-state index contributed by atoms with van der Waals surface area (Å²) in [6.45, 7) is 9.33. The summed E-state index contributed by atoms with van der Waals surface area (Å²) in [6, 6.07) is 39.2. The molecule has 1 fully saturated rings. The van der Waals surface area contributed by atoms with Gasteiger partial charge < -0.3 is 33.0 Å². The summed E-state index contributed by atoms with van der Waals surface area (Å²) in [7, 11) is -3.94. The van der Waals surface area contributed by atoms with Crippen molar-refractivity contribution in [3.63, 3.8) is 0 Å². The fourth-order valence-electron chi connectivity index (χ4n) is 7.39. The van der Waals surface area contributed by atoms with Crippen LogP contribution in [0.4, 0.5) is 0 Å². The molecule has 0 saturated carbocycles. The van der Waals surface area contributed by atoms with Gasteiger partial charge in [0.2, 0.25) is 7.14 Å². The third-order valence-corrected chi connectivity index (χ3v) is 18.6. The number of rotatable bonds is 15. The normalized spacial score (nSPS) is 17.9.